The maximum atomic E-state index is 13.4. The molecule has 1 N–H and O–H groups in total. The lowest BCUT2D eigenvalue weighted by molar-refractivity contribution is 0.0450. The maximum absolute atomic E-state index is 13.4. The summed E-state index contributed by atoms with van der Waals surface area (Å²) in [5.74, 6) is 0.0372. The quantitative estimate of drug-likeness (QED) is 0.550. The summed E-state index contributed by atoms with van der Waals surface area (Å²) in [4.78, 5) is 0. The molecule has 0 radical (unpaired) electrons. The Labute approximate surface area is 192 Å². The zero-order valence-electron chi connectivity index (χ0n) is 20.3. The topological polar surface area (TPSA) is 47.3 Å². The van der Waals surface area contributed by atoms with Gasteiger partial charge in [0.15, 0.2) is 8.32 Å². The Balaban J connectivity index is 1.70. The van der Waals surface area contributed by atoms with Crippen LogP contribution in [0.25, 0.3) is 11.8 Å². The smallest absolute Gasteiger partial charge is 0.192 e. The van der Waals surface area contributed by atoms with E-state index in [0.29, 0.717) is 6.61 Å². The van der Waals surface area contributed by atoms with Gasteiger partial charge in [-0.15, -0.1) is 0 Å². The molecular formula is C26H37FN2O2Si. The third-order valence-electron chi connectivity index (χ3n) is 8.11. The summed E-state index contributed by atoms with van der Waals surface area (Å²) in [6.07, 6.45) is 7.69. The van der Waals surface area contributed by atoms with E-state index in [2.05, 4.69) is 45.0 Å². The molecule has 2 aliphatic rings. The number of fused-ring (bicyclic) bond motifs is 2. The highest BCUT2D eigenvalue weighted by molar-refractivity contribution is 6.74. The predicted molar refractivity (Wildman–Crippen MR) is 130 cm³/mol. The van der Waals surface area contributed by atoms with Gasteiger partial charge in [0.05, 0.1) is 23.7 Å². The van der Waals surface area contributed by atoms with Crippen LogP contribution in [-0.2, 0) is 10.8 Å². The molecule has 1 aromatic heterocycles. The van der Waals surface area contributed by atoms with Crippen molar-refractivity contribution in [3.63, 3.8) is 0 Å². The Bertz CT molecular complexity index is 1000. The first kappa shape index (κ1) is 23.4. The van der Waals surface area contributed by atoms with Crippen LogP contribution < -0.4 is 0 Å². The molecule has 4 rings (SSSR count). The molecule has 1 aromatic carbocycles. The van der Waals surface area contributed by atoms with Gasteiger partial charge in [0, 0.05) is 12.0 Å². The van der Waals surface area contributed by atoms with Gasteiger partial charge in [-0.2, -0.15) is 5.10 Å². The van der Waals surface area contributed by atoms with Crippen LogP contribution in [-0.4, -0.2) is 35.9 Å². The molecule has 3 atom stereocenters. The van der Waals surface area contributed by atoms with E-state index in [0.717, 1.165) is 37.1 Å². The largest absolute Gasteiger partial charge is 0.416 e. The Morgan fingerprint density at radius 1 is 1.28 bits per heavy atom. The van der Waals surface area contributed by atoms with Crippen LogP contribution in [0.1, 0.15) is 58.2 Å². The van der Waals surface area contributed by atoms with Gasteiger partial charge in [-0.25, -0.2) is 9.07 Å². The lowest BCUT2D eigenvalue weighted by Crippen LogP contribution is -2.47. The van der Waals surface area contributed by atoms with Gasteiger partial charge >= 0.3 is 0 Å². The number of rotatable bonds is 5. The van der Waals surface area contributed by atoms with E-state index in [9.17, 15) is 9.50 Å². The molecule has 0 bridgehead atoms. The highest BCUT2D eigenvalue weighted by Gasteiger charge is 2.47. The molecule has 1 fully saturated rings. The van der Waals surface area contributed by atoms with E-state index in [4.69, 9.17) is 4.43 Å². The molecule has 6 heteroatoms. The summed E-state index contributed by atoms with van der Waals surface area (Å²) in [5, 5.41) is 15.2. The van der Waals surface area contributed by atoms with E-state index in [1.807, 2.05) is 17.8 Å². The number of benzene rings is 1. The summed E-state index contributed by atoms with van der Waals surface area (Å²) in [6.45, 7) is 14.1. The third kappa shape index (κ3) is 4.25. The lowest BCUT2D eigenvalue weighted by Gasteiger charge is -2.48. The van der Waals surface area contributed by atoms with Crippen LogP contribution in [0.4, 0.5) is 4.39 Å². The molecule has 1 heterocycles. The van der Waals surface area contributed by atoms with Crippen LogP contribution in [0.5, 0.6) is 0 Å². The molecule has 2 aromatic rings. The number of aromatic nitrogens is 2. The van der Waals surface area contributed by atoms with Crippen molar-refractivity contribution in [1.82, 2.24) is 9.78 Å². The third-order valence-corrected chi connectivity index (χ3v) is 12.6. The summed E-state index contributed by atoms with van der Waals surface area (Å²) in [5.41, 5.74) is 4.46. The Kier molecular flexibility index (Phi) is 6.01. The van der Waals surface area contributed by atoms with Crippen LogP contribution in [0.2, 0.25) is 18.1 Å². The highest BCUT2D eigenvalue weighted by atomic mass is 28.4. The molecule has 0 spiro atoms. The summed E-state index contributed by atoms with van der Waals surface area (Å²) in [6, 6.07) is 6.50. The average molecular weight is 457 g/mol. The van der Waals surface area contributed by atoms with E-state index >= 15 is 0 Å². The standard InChI is InChI=1S/C26H37FN2O2Si/c1-18(30)19-7-8-21-13-24-20(16-28-29(24)23-11-9-22(27)10-12-23)15-26(21,14-19)17-31-32(5,6)25(2,3)4/h9-13,16,18-19,30H,7-8,14-15,17H2,1-6H3/t18?,19-,26-/m0/s1. The van der Waals surface area contributed by atoms with Crippen molar-refractivity contribution in [1.29, 1.82) is 0 Å². The molecule has 4 nitrogen and oxygen atoms in total. The van der Waals surface area contributed by atoms with Crippen LogP contribution >= 0.6 is 0 Å². The molecule has 0 amide bonds. The van der Waals surface area contributed by atoms with Crippen molar-refractivity contribution in [2.24, 2.45) is 11.3 Å². The van der Waals surface area contributed by atoms with E-state index in [1.54, 1.807) is 12.1 Å². The first-order valence-electron chi connectivity index (χ1n) is 11.8. The van der Waals surface area contributed by atoms with Gasteiger partial charge in [-0.1, -0.05) is 26.3 Å². The first-order chi connectivity index (χ1) is 14.9. The number of hydrogen-bond donors (Lipinski definition) is 1. The Morgan fingerprint density at radius 3 is 2.59 bits per heavy atom. The molecule has 1 saturated carbocycles. The van der Waals surface area contributed by atoms with Gasteiger partial charge in [0.1, 0.15) is 5.82 Å². The second-order valence-electron chi connectivity index (χ2n) is 11.4. The van der Waals surface area contributed by atoms with Gasteiger partial charge < -0.3 is 9.53 Å². The number of nitrogens with zero attached hydrogens (tertiary/aromatic N) is 2. The first-order valence-corrected chi connectivity index (χ1v) is 14.7. The second-order valence-corrected chi connectivity index (χ2v) is 16.2. The fraction of sp³-hybridized carbons (Fsp3) is 0.577. The Hall–Kier alpha value is -1.76. The number of aliphatic hydroxyl groups is 1. The number of aliphatic hydroxyl groups excluding tert-OH is 1. The van der Waals surface area contributed by atoms with Gasteiger partial charge in [0.25, 0.3) is 0 Å². The summed E-state index contributed by atoms with van der Waals surface area (Å²) >= 11 is 0. The fourth-order valence-electron chi connectivity index (χ4n) is 4.90. The van der Waals surface area contributed by atoms with Crippen molar-refractivity contribution >= 4 is 14.4 Å². The van der Waals surface area contributed by atoms with Crippen LogP contribution in [0.3, 0.4) is 0 Å². The molecule has 0 saturated heterocycles. The van der Waals surface area contributed by atoms with Gasteiger partial charge in [-0.05, 0) is 92.6 Å². The lowest BCUT2D eigenvalue weighted by atomic mass is 9.61. The molecule has 0 aliphatic heterocycles. The van der Waals surface area contributed by atoms with Crippen LogP contribution in [0, 0.1) is 17.2 Å². The number of halogens is 1. The fourth-order valence-corrected chi connectivity index (χ4v) is 5.97. The molecule has 174 valence electrons. The van der Waals surface area contributed by atoms with E-state index < -0.39 is 8.32 Å². The molecule has 2 aliphatic carbocycles. The molecule has 1 unspecified atom stereocenters. The van der Waals surface area contributed by atoms with Crippen molar-refractivity contribution in [2.45, 2.75) is 77.6 Å². The van der Waals surface area contributed by atoms with Crippen molar-refractivity contribution in [3.8, 4) is 5.69 Å². The number of hydrogen-bond acceptors (Lipinski definition) is 3. The van der Waals surface area contributed by atoms with Crippen molar-refractivity contribution in [3.05, 3.63) is 53.1 Å². The van der Waals surface area contributed by atoms with Gasteiger partial charge in [-0.3, -0.25) is 0 Å². The minimum Gasteiger partial charge on any atom is -0.416 e. The van der Waals surface area contributed by atoms with Crippen molar-refractivity contribution in [2.75, 3.05) is 6.61 Å². The summed E-state index contributed by atoms with van der Waals surface area (Å²) in [7, 11) is -1.91. The zero-order chi connectivity index (χ0) is 23.3. The Morgan fingerprint density at radius 2 is 1.97 bits per heavy atom. The normalized spacial score (nSPS) is 24.5. The summed E-state index contributed by atoms with van der Waals surface area (Å²) < 4.78 is 22.1. The SMILES string of the molecule is CC(O)[C@H]1CCC2=Cc3c(cnn3-c3ccc(F)cc3)C[C@]2(CO[Si](C)(C)C(C)(C)C)C1. The average Bonchev–Trinajstić information content (AvgIpc) is 3.12. The molecular weight excluding hydrogens is 419 g/mol. The second kappa shape index (κ2) is 8.23. The minimum absolute atomic E-state index is 0.0981. The maximum Gasteiger partial charge on any atom is 0.192 e. The monoisotopic (exact) mass is 456 g/mol. The van der Waals surface area contributed by atoms with Crippen LogP contribution in [0.15, 0.2) is 36.0 Å². The zero-order valence-corrected chi connectivity index (χ0v) is 21.3. The minimum atomic E-state index is -1.91. The van der Waals surface area contributed by atoms with Crippen molar-refractivity contribution < 1.29 is 13.9 Å². The van der Waals surface area contributed by atoms with Gasteiger partial charge in [0.2, 0.25) is 0 Å². The molecule has 32 heavy (non-hydrogen) atoms. The predicted octanol–water partition coefficient (Wildman–Crippen LogP) is 6.14. The van der Waals surface area contributed by atoms with E-state index in [1.165, 1.54) is 23.3 Å². The van der Waals surface area contributed by atoms with E-state index in [-0.39, 0.29) is 28.3 Å². The highest BCUT2D eigenvalue weighted by Crippen LogP contribution is 2.52.